The highest BCUT2D eigenvalue weighted by Gasteiger charge is 2.28. The average Bonchev–Trinajstić information content (AvgIpc) is 2.72. The third kappa shape index (κ3) is 3.81. The van der Waals surface area contributed by atoms with E-state index in [1.54, 1.807) is 4.90 Å². The summed E-state index contributed by atoms with van der Waals surface area (Å²) < 4.78 is 0. The van der Waals surface area contributed by atoms with E-state index in [1.807, 2.05) is 30.3 Å². The van der Waals surface area contributed by atoms with Crippen LogP contribution in [0, 0.1) is 0 Å². The first-order valence-electron chi connectivity index (χ1n) is 7.43. The molecule has 1 amide bonds. The summed E-state index contributed by atoms with van der Waals surface area (Å²) in [5, 5.41) is 9.47. The molecule has 0 spiro atoms. The van der Waals surface area contributed by atoms with Crippen LogP contribution in [0.1, 0.15) is 31.2 Å². The molecule has 0 aliphatic carbocycles. The van der Waals surface area contributed by atoms with Crippen LogP contribution in [-0.4, -0.2) is 41.1 Å². The van der Waals surface area contributed by atoms with Crippen molar-refractivity contribution in [1.82, 2.24) is 4.90 Å². The minimum atomic E-state index is -0.524. The largest absolute Gasteiger partial charge is 0.394 e. The van der Waals surface area contributed by atoms with Crippen LogP contribution >= 0.6 is 0 Å². The van der Waals surface area contributed by atoms with Crippen LogP contribution in [0.15, 0.2) is 30.3 Å². The lowest BCUT2D eigenvalue weighted by atomic mass is 10.0. The monoisotopic (exact) mass is 276 g/mol. The molecule has 0 bridgehead atoms. The Hall–Kier alpha value is -1.39. The molecule has 1 aliphatic heterocycles. The van der Waals surface area contributed by atoms with Crippen LogP contribution < -0.4 is 5.73 Å². The van der Waals surface area contributed by atoms with Crippen molar-refractivity contribution in [2.24, 2.45) is 5.73 Å². The predicted octanol–water partition coefficient (Wildman–Crippen LogP) is 1.32. The first-order chi connectivity index (χ1) is 9.72. The Bertz CT molecular complexity index is 422. The van der Waals surface area contributed by atoms with Gasteiger partial charge >= 0.3 is 0 Å². The Morgan fingerprint density at radius 1 is 1.30 bits per heavy atom. The fourth-order valence-corrected chi connectivity index (χ4v) is 2.83. The number of carbonyl (C=O) groups excluding carboxylic acids is 1. The summed E-state index contributed by atoms with van der Waals surface area (Å²) in [6, 6.07) is 9.24. The van der Waals surface area contributed by atoms with Gasteiger partial charge in [0.25, 0.3) is 0 Å². The Morgan fingerprint density at radius 2 is 2.05 bits per heavy atom. The third-order valence-electron chi connectivity index (χ3n) is 3.99. The van der Waals surface area contributed by atoms with E-state index >= 15 is 0 Å². The van der Waals surface area contributed by atoms with Crippen LogP contribution in [0.4, 0.5) is 0 Å². The van der Waals surface area contributed by atoms with Crippen molar-refractivity contribution >= 4 is 5.91 Å². The van der Waals surface area contributed by atoms with E-state index in [4.69, 9.17) is 5.73 Å². The van der Waals surface area contributed by atoms with Crippen molar-refractivity contribution in [3.8, 4) is 0 Å². The number of rotatable bonds is 4. The number of hydrogen-bond acceptors (Lipinski definition) is 3. The van der Waals surface area contributed by atoms with Gasteiger partial charge in [-0.25, -0.2) is 0 Å². The molecule has 1 aromatic rings. The van der Waals surface area contributed by atoms with E-state index in [0.717, 1.165) is 31.2 Å². The molecule has 1 aliphatic rings. The Kier molecular flexibility index (Phi) is 5.56. The fourth-order valence-electron chi connectivity index (χ4n) is 2.83. The summed E-state index contributed by atoms with van der Waals surface area (Å²) >= 11 is 0. The molecule has 0 aromatic heterocycles. The van der Waals surface area contributed by atoms with E-state index in [2.05, 4.69) is 0 Å². The number of carbonyl (C=O) groups is 1. The van der Waals surface area contributed by atoms with Gasteiger partial charge in [-0.1, -0.05) is 43.2 Å². The van der Waals surface area contributed by atoms with Gasteiger partial charge in [0.2, 0.25) is 5.91 Å². The minimum Gasteiger partial charge on any atom is -0.394 e. The zero-order valence-corrected chi connectivity index (χ0v) is 11.9. The maximum absolute atomic E-state index is 12.5. The SMILES string of the molecule is NC(Cc1ccccc1)C(=O)N1CCCCCC1CO. The van der Waals surface area contributed by atoms with Crippen LogP contribution in [0.25, 0.3) is 0 Å². The van der Waals surface area contributed by atoms with Crippen molar-refractivity contribution in [1.29, 1.82) is 0 Å². The molecular weight excluding hydrogens is 252 g/mol. The second-order valence-corrected chi connectivity index (χ2v) is 5.51. The lowest BCUT2D eigenvalue weighted by molar-refractivity contribution is -0.135. The molecular formula is C16H24N2O2. The van der Waals surface area contributed by atoms with Crippen LogP contribution in [-0.2, 0) is 11.2 Å². The van der Waals surface area contributed by atoms with Crippen molar-refractivity contribution in [2.75, 3.05) is 13.2 Å². The lowest BCUT2D eigenvalue weighted by Gasteiger charge is -2.31. The normalized spacial score (nSPS) is 21.3. The van der Waals surface area contributed by atoms with Crippen molar-refractivity contribution in [2.45, 2.75) is 44.2 Å². The smallest absolute Gasteiger partial charge is 0.240 e. The average molecular weight is 276 g/mol. The zero-order valence-electron chi connectivity index (χ0n) is 11.9. The summed E-state index contributed by atoms with van der Waals surface area (Å²) in [5.74, 6) is -0.0326. The molecule has 2 unspecified atom stereocenters. The summed E-state index contributed by atoms with van der Waals surface area (Å²) in [6.45, 7) is 0.746. The Morgan fingerprint density at radius 3 is 2.75 bits per heavy atom. The van der Waals surface area contributed by atoms with Crippen molar-refractivity contribution in [3.05, 3.63) is 35.9 Å². The summed E-state index contributed by atoms with van der Waals surface area (Å²) in [6.07, 6.45) is 4.62. The van der Waals surface area contributed by atoms with Crippen LogP contribution in [0.3, 0.4) is 0 Å². The molecule has 2 atom stereocenters. The number of hydrogen-bond donors (Lipinski definition) is 2. The second-order valence-electron chi connectivity index (χ2n) is 5.51. The van der Waals surface area contributed by atoms with E-state index < -0.39 is 6.04 Å². The lowest BCUT2D eigenvalue weighted by Crippen LogP contribution is -2.50. The fraction of sp³-hybridized carbons (Fsp3) is 0.562. The van der Waals surface area contributed by atoms with E-state index in [0.29, 0.717) is 13.0 Å². The summed E-state index contributed by atoms with van der Waals surface area (Å²) in [4.78, 5) is 14.3. The number of nitrogens with zero attached hydrogens (tertiary/aromatic N) is 1. The van der Waals surface area contributed by atoms with E-state index in [1.165, 1.54) is 0 Å². The number of likely N-dealkylation sites (tertiary alicyclic amines) is 1. The molecule has 0 radical (unpaired) electrons. The molecule has 2 rings (SSSR count). The molecule has 20 heavy (non-hydrogen) atoms. The molecule has 1 aromatic carbocycles. The molecule has 110 valence electrons. The van der Waals surface area contributed by atoms with Gasteiger partial charge < -0.3 is 15.7 Å². The first-order valence-corrected chi connectivity index (χ1v) is 7.43. The highest BCUT2D eigenvalue weighted by molar-refractivity contribution is 5.82. The van der Waals surface area contributed by atoms with Gasteiger partial charge in [0.05, 0.1) is 18.7 Å². The van der Waals surface area contributed by atoms with E-state index in [9.17, 15) is 9.90 Å². The Labute approximate surface area is 120 Å². The number of nitrogens with two attached hydrogens (primary N) is 1. The van der Waals surface area contributed by atoms with Crippen molar-refractivity contribution in [3.63, 3.8) is 0 Å². The maximum Gasteiger partial charge on any atom is 0.240 e. The molecule has 4 nitrogen and oxygen atoms in total. The molecule has 1 saturated heterocycles. The van der Waals surface area contributed by atoms with Gasteiger partial charge in [-0.15, -0.1) is 0 Å². The van der Waals surface area contributed by atoms with Crippen LogP contribution in [0.2, 0.25) is 0 Å². The molecule has 1 fully saturated rings. The summed E-state index contributed by atoms with van der Waals surface area (Å²) in [7, 11) is 0. The number of amides is 1. The highest BCUT2D eigenvalue weighted by Crippen LogP contribution is 2.18. The van der Waals surface area contributed by atoms with E-state index in [-0.39, 0.29) is 18.6 Å². The van der Waals surface area contributed by atoms with Crippen molar-refractivity contribution < 1.29 is 9.90 Å². The second kappa shape index (κ2) is 7.41. The molecule has 1 heterocycles. The Balaban J connectivity index is 2.00. The quantitative estimate of drug-likeness (QED) is 0.871. The third-order valence-corrected chi connectivity index (χ3v) is 3.99. The van der Waals surface area contributed by atoms with Crippen LogP contribution in [0.5, 0.6) is 0 Å². The van der Waals surface area contributed by atoms with Gasteiger partial charge in [0.15, 0.2) is 0 Å². The standard InChI is InChI=1S/C16H24N2O2/c17-15(11-13-7-3-1-4-8-13)16(20)18-10-6-2-5-9-14(18)12-19/h1,3-4,7-8,14-15,19H,2,5-6,9-12,17H2. The number of aliphatic hydroxyl groups excluding tert-OH is 1. The van der Waals surface area contributed by atoms with Gasteiger partial charge in [0.1, 0.15) is 0 Å². The zero-order chi connectivity index (χ0) is 14.4. The predicted molar refractivity (Wildman–Crippen MR) is 79.2 cm³/mol. The molecule has 3 N–H and O–H groups in total. The van der Waals surface area contributed by atoms with Gasteiger partial charge in [-0.2, -0.15) is 0 Å². The van der Waals surface area contributed by atoms with Gasteiger partial charge in [0, 0.05) is 6.54 Å². The number of benzene rings is 1. The van der Waals surface area contributed by atoms with Gasteiger partial charge in [-0.05, 0) is 24.8 Å². The molecule has 0 saturated carbocycles. The minimum absolute atomic E-state index is 0.0315. The maximum atomic E-state index is 12.5. The summed E-state index contributed by atoms with van der Waals surface area (Å²) in [5.41, 5.74) is 7.15. The van der Waals surface area contributed by atoms with Gasteiger partial charge in [-0.3, -0.25) is 4.79 Å². The highest BCUT2D eigenvalue weighted by atomic mass is 16.3. The first kappa shape index (κ1) is 15.0. The number of aliphatic hydroxyl groups is 1. The topological polar surface area (TPSA) is 66.6 Å². The molecule has 4 heteroatoms.